The van der Waals surface area contributed by atoms with Crippen LogP contribution in [0.4, 0.5) is 0 Å². The SMILES string of the molecule is CC[C@H](C(=O)NCC(C)C)N(Cc1ccccc1C)C(=O)CCCOc1ccccc1. The third kappa shape index (κ3) is 8.08. The van der Waals surface area contributed by atoms with Crippen molar-refractivity contribution in [3.63, 3.8) is 0 Å². The molecule has 2 aromatic carbocycles. The van der Waals surface area contributed by atoms with Gasteiger partial charge in [-0.15, -0.1) is 0 Å². The van der Waals surface area contributed by atoms with Gasteiger partial charge >= 0.3 is 0 Å². The Morgan fingerprint density at radius 2 is 1.71 bits per heavy atom. The van der Waals surface area contributed by atoms with E-state index >= 15 is 0 Å². The Bertz CT molecular complexity index is 820. The molecule has 0 spiro atoms. The highest BCUT2D eigenvalue weighted by Crippen LogP contribution is 2.17. The molecule has 0 bridgehead atoms. The Balaban J connectivity index is 2.06. The highest BCUT2D eigenvalue weighted by Gasteiger charge is 2.28. The number of aryl methyl sites for hydroxylation is 1. The summed E-state index contributed by atoms with van der Waals surface area (Å²) in [5, 5.41) is 3.00. The van der Waals surface area contributed by atoms with E-state index in [1.165, 1.54) is 0 Å². The number of hydrogen-bond acceptors (Lipinski definition) is 3. The molecule has 0 aliphatic rings. The smallest absolute Gasteiger partial charge is 0.242 e. The minimum absolute atomic E-state index is 0.0218. The molecule has 168 valence electrons. The molecular formula is C26H36N2O3. The fraction of sp³-hybridized carbons (Fsp3) is 0.462. The molecule has 0 heterocycles. The monoisotopic (exact) mass is 424 g/mol. The second-order valence-electron chi connectivity index (χ2n) is 8.28. The van der Waals surface area contributed by atoms with Crippen molar-refractivity contribution in [1.29, 1.82) is 0 Å². The Morgan fingerprint density at radius 1 is 1.03 bits per heavy atom. The third-order valence-corrected chi connectivity index (χ3v) is 5.22. The predicted molar refractivity (Wildman–Crippen MR) is 125 cm³/mol. The van der Waals surface area contributed by atoms with Gasteiger partial charge in [-0.25, -0.2) is 0 Å². The lowest BCUT2D eigenvalue weighted by atomic mass is 10.0. The molecule has 0 saturated heterocycles. The van der Waals surface area contributed by atoms with Crippen molar-refractivity contribution in [1.82, 2.24) is 10.2 Å². The van der Waals surface area contributed by atoms with E-state index in [1.54, 1.807) is 4.90 Å². The van der Waals surface area contributed by atoms with Gasteiger partial charge in [0.1, 0.15) is 11.8 Å². The maximum absolute atomic E-state index is 13.2. The van der Waals surface area contributed by atoms with Crippen LogP contribution in [0.5, 0.6) is 5.75 Å². The summed E-state index contributed by atoms with van der Waals surface area (Å²) in [5.74, 6) is 1.05. The molecule has 1 N–H and O–H groups in total. The molecule has 2 amide bonds. The van der Waals surface area contributed by atoms with E-state index in [9.17, 15) is 9.59 Å². The first-order chi connectivity index (χ1) is 14.9. The van der Waals surface area contributed by atoms with E-state index in [1.807, 2.05) is 68.4 Å². The van der Waals surface area contributed by atoms with Crippen LogP contribution < -0.4 is 10.1 Å². The first kappa shape index (κ1) is 24.4. The highest BCUT2D eigenvalue weighted by molar-refractivity contribution is 5.87. The Hall–Kier alpha value is -2.82. The summed E-state index contributed by atoms with van der Waals surface area (Å²) < 4.78 is 5.72. The molecule has 2 rings (SSSR count). The first-order valence-electron chi connectivity index (χ1n) is 11.2. The number of nitrogens with one attached hydrogen (secondary N) is 1. The van der Waals surface area contributed by atoms with Crippen molar-refractivity contribution in [2.24, 2.45) is 5.92 Å². The van der Waals surface area contributed by atoms with Crippen LogP contribution in [0.1, 0.15) is 51.2 Å². The fourth-order valence-electron chi connectivity index (χ4n) is 3.39. The summed E-state index contributed by atoms with van der Waals surface area (Å²) in [6.07, 6.45) is 1.51. The summed E-state index contributed by atoms with van der Waals surface area (Å²) in [6, 6.07) is 17.1. The van der Waals surface area contributed by atoms with E-state index in [0.717, 1.165) is 16.9 Å². The number of para-hydroxylation sites is 1. The molecule has 5 nitrogen and oxygen atoms in total. The van der Waals surface area contributed by atoms with E-state index in [0.29, 0.717) is 44.9 Å². The molecule has 5 heteroatoms. The average molecular weight is 425 g/mol. The molecule has 0 unspecified atom stereocenters. The lowest BCUT2D eigenvalue weighted by Gasteiger charge is -2.31. The normalized spacial score (nSPS) is 11.8. The predicted octanol–water partition coefficient (Wildman–Crippen LogP) is 4.73. The molecule has 0 aromatic heterocycles. The van der Waals surface area contributed by atoms with E-state index in [2.05, 4.69) is 19.2 Å². The van der Waals surface area contributed by atoms with Crippen LogP contribution in [0.15, 0.2) is 54.6 Å². The van der Waals surface area contributed by atoms with Crippen LogP contribution in [-0.2, 0) is 16.1 Å². The maximum Gasteiger partial charge on any atom is 0.242 e. The van der Waals surface area contributed by atoms with E-state index in [-0.39, 0.29) is 11.8 Å². The Kier molecular flexibility index (Phi) is 10.1. The molecule has 0 saturated carbocycles. The quantitative estimate of drug-likeness (QED) is 0.501. The molecule has 2 aromatic rings. The minimum atomic E-state index is -0.485. The summed E-state index contributed by atoms with van der Waals surface area (Å²) >= 11 is 0. The zero-order chi connectivity index (χ0) is 22.6. The van der Waals surface area contributed by atoms with Crippen LogP contribution >= 0.6 is 0 Å². The van der Waals surface area contributed by atoms with E-state index < -0.39 is 6.04 Å². The number of ether oxygens (including phenoxy) is 1. The van der Waals surface area contributed by atoms with Crippen LogP contribution in [0, 0.1) is 12.8 Å². The van der Waals surface area contributed by atoms with Crippen molar-refractivity contribution >= 4 is 11.8 Å². The van der Waals surface area contributed by atoms with Crippen molar-refractivity contribution in [3.05, 3.63) is 65.7 Å². The summed E-state index contributed by atoms with van der Waals surface area (Å²) in [4.78, 5) is 27.8. The number of carbonyl (C=O) groups is 2. The molecule has 0 aliphatic carbocycles. The number of benzene rings is 2. The molecular weight excluding hydrogens is 388 g/mol. The van der Waals surface area contributed by atoms with Gasteiger partial charge in [0.2, 0.25) is 11.8 Å². The molecule has 0 fully saturated rings. The molecule has 0 radical (unpaired) electrons. The number of nitrogens with zero attached hydrogens (tertiary/aromatic N) is 1. The van der Waals surface area contributed by atoms with Crippen LogP contribution in [0.3, 0.4) is 0 Å². The van der Waals surface area contributed by atoms with Gasteiger partial charge in [0.15, 0.2) is 0 Å². The van der Waals surface area contributed by atoms with Crippen molar-refractivity contribution in [2.75, 3.05) is 13.2 Å². The zero-order valence-corrected chi connectivity index (χ0v) is 19.3. The largest absolute Gasteiger partial charge is 0.494 e. The zero-order valence-electron chi connectivity index (χ0n) is 19.3. The highest BCUT2D eigenvalue weighted by atomic mass is 16.5. The van der Waals surface area contributed by atoms with Gasteiger partial charge in [0, 0.05) is 19.5 Å². The van der Waals surface area contributed by atoms with Gasteiger partial charge in [-0.05, 0) is 48.9 Å². The number of hydrogen-bond donors (Lipinski definition) is 1. The van der Waals surface area contributed by atoms with Gasteiger partial charge in [-0.1, -0.05) is 63.2 Å². The lowest BCUT2D eigenvalue weighted by molar-refractivity contribution is -0.141. The Morgan fingerprint density at radius 3 is 2.35 bits per heavy atom. The van der Waals surface area contributed by atoms with Gasteiger partial charge in [-0.3, -0.25) is 9.59 Å². The number of amides is 2. The first-order valence-corrected chi connectivity index (χ1v) is 11.2. The Labute approximate surface area is 186 Å². The van der Waals surface area contributed by atoms with Crippen molar-refractivity contribution < 1.29 is 14.3 Å². The van der Waals surface area contributed by atoms with Crippen molar-refractivity contribution in [3.8, 4) is 5.75 Å². The van der Waals surface area contributed by atoms with E-state index in [4.69, 9.17) is 4.74 Å². The fourth-order valence-corrected chi connectivity index (χ4v) is 3.39. The van der Waals surface area contributed by atoms with Crippen LogP contribution in [0.2, 0.25) is 0 Å². The summed E-state index contributed by atoms with van der Waals surface area (Å²) in [7, 11) is 0. The molecule has 0 aliphatic heterocycles. The standard InChI is InChI=1S/C26H36N2O3/c1-5-24(26(30)27-18-20(2)3)28(19-22-13-10-9-12-21(22)4)25(29)16-11-17-31-23-14-7-6-8-15-23/h6-10,12-15,20,24H,5,11,16-19H2,1-4H3,(H,27,30)/t24-/m1/s1. The second-order valence-corrected chi connectivity index (χ2v) is 8.28. The molecule has 1 atom stereocenters. The van der Waals surface area contributed by atoms with Gasteiger partial charge in [-0.2, -0.15) is 0 Å². The van der Waals surface area contributed by atoms with Crippen molar-refractivity contribution in [2.45, 2.75) is 59.5 Å². The van der Waals surface area contributed by atoms with Crippen LogP contribution in [0.25, 0.3) is 0 Å². The summed E-state index contributed by atoms with van der Waals surface area (Å²) in [5.41, 5.74) is 2.18. The maximum atomic E-state index is 13.2. The number of rotatable bonds is 12. The number of carbonyl (C=O) groups excluding carboxylic acids is 2. The minimum Gasteiger partial charge on any atom is -0.494 e. The third-order valence-electron chi connectivity index (χ3n) is 5.22. The van der Waals surface area contributed by atoms with Gasteiger partial charge in [0.05, 0.1) is 6.61 Å². The average Bonchev–Trinajstić information content (AvgIpc) is 2.77. The lowest BCUT2D eigenvalue weighted by Crippen LogP contribution is -2.49. The topological polar surface area (TPSA) is 58.6 Å². The molecule has 31 heavy (non-hydrogen) atoms. The van der Waals surface area contributed by atoms with Gasteiger partial charge < -0.3 is 15.0 Å². The van der Waals surface area contributed by atoms with Crippen LogP contribution in [-0.4, -0.2) is 35.9 Å². The second kappa shape index (κ2) is 12.8. The summed E-state index contributed by atoms with van der Waals surface area (Å²) in [6.45, 7) is 9.60. The van der Waals surface area contributed by atoms with Gasteiger partial charge in [0.25, 0.3) is 0 Å².